The number of carbonyl (C=O) groups excluding carboxylic acids is 1. The highest BCUT2D eigenvalue weighted by Gasteiger charge is 2.18. The lowest BCUT2D eigenvalue weighted by Gasteiger charge is -2.36. The van der Waals surface area contributed by atoms with Crippen molar-refractivity contribution in [1.82, 2.24) is 15.1 Å². The minimum absolute atomic E-state index is 0.0123. The van der Waals surface area contributed by atoms with Gasteiger partial charge in [0, 0.05) is 51.4 Å². The summed E-state index contributed by atoms with van der Waals surface area (Å²) in [4.78, 5) is 19.0. The second-order valence-electron chi connectivity index (χ2n) is 7.47. The molecule has 150 valence electrons. The van der Waals surface area contributed by atoms with Gasteiger partial charge in [-0.1, -0.05) is 35.9 Å². The first-order valence-corrected chi connectivity index (χ1v) is 10.1. The average Bonchev–Trinajstić information content (AvgIpc) is 2.69. The maximum atomic E-state index is 12.2. The summed E-state index contributed by atoms with van der Waals surface area (Å²) in [6.45, 7) is 6.33. The third-order valence-corrected chi connectivity index (χ3v) is 5.35. The van der Waals surface area contributed by atoms with Crippen LogP contribution in [0.25, 0.3) is 0 Å². The van der Waals surface area contributed by atoms with E-state index in [1.807, 2.05) is 44.4 Å². The van der Waals surface area contributed by atoms with Gasteiger partial charge in [-0.3, -0.25) is 9.69 Å². The number of para-hydroxylation sites is 1. The summed E-state index contributed by atoms with van der Waals surface area (Å²) in [5, 5.41) is 3.76. The van der Waals surface area contributed by atoms with E-state index in [9.17, 15) is 4.79 Å². The fourth-order valence-corrected chi connectivity index (χ4v) is 3.63. The third kappa shape index (κ3) is 5.71. The van der Waals surface area contributed by atoms with Crippen LogP contribution in [-0.2, 0) is 6.54 Å². The second kappa shape index (κ2) is 9.92. The Morgan fingerprint density at radius 2 is 1.71 bits per heavy atom. The number of carbonyl (C=O) groups is 1. The molecule has 1 saturated heterocycles. The number of piperazine rings is 1. The van der Waals surface area contributed by atoms with Crippen molar-refractivity contribution < 1.29 is 4.79 Å². The number of nitrogens with zero attached hydrogens (tertiary/aromatic N) is 3. The van der Waals surface area contributed by atoms with Crippen LogP contribution in [0.1, 0.15) is 15.9 Å². The van der Waals surface area contributed by atoms with Gasteiger partial charge >= 0.3 is 0 Å². The predicted molar refractivity (Wildman–Crippen MR) is 116 cm³/mol. The van der Waals surface area contributed by atoms with Gasteiger partial charge in [0.2, 0.25) is 0 Å². The van der Waals surface area contributed by atoms with Crippen molar-refractivity contribution in [3.63, 3.8) is 0 Å². The highest BCUT2D eigenvalue weighted by atomic mass is 35.5. The molecule has 2 aromatic rings. The van der Waals surface area contributed by atoms with Gasteiger partial charge in [-0.25, -0.2) is 0 Å². The molecule has 1 aliphatic rings. The highest BCUT2D eigenvalue weighted by molar-refractivity contribution is 6.33. The van der Waals surface area contributed by atoms with Crippen LogP contribution in [0.5, 0.6) is 0 Å². The van der Waals surface area contributed by atoms with Gasteiger partial charge in [0.1, 0.15) is 0 Å². The minimum atomic E-state index is -0.0123. The normalized spacial score (nSPS) is 15.1. The lowest BCUT2D eigenvalue weighted by Crippen LogP contribution is -2.46. The molecule has 0 saturated carbocycles. The van der Waals surface area contributed by atoms with E-state index in [4.69, 9.17) is 11.6 Å². The topological polar surface area (TPSA) is 38.8 Å². The molecule has 0 atom stereocenters. The Bertz CT molecular complexity index is 770. The molecule has 5 nitrogen and oxygen atoms in total. The Morgan fingerprint density at radius 1 is 1.04 bits per heavy atom. The maximum Gasteiger partial charge on any atom is 0.251 e. The smallest absolute Gasteiger partial charge is 0.251 e. The molecule has 0 radical (unpaired) electrons. The molecule has 6 heteroatoms. The summed E-state index contributed by atoms with van der Waals surface area (Å²) in [6.07, 6.45) is 0. The minimum Gasteiger partial charge on any atom is -0.368 e. The quantitative estimate of drug-likeness (QED) is 0.775. The van der Waals surface area contributed by atoms with Crippen molar-refractivity contribution in [1.29, 1.82) is 0 Å². The monoisotopic (exact) mass is 400 g/mol. The molecule has 1 heterocycles. The van der Waals surface area contributed by atoms with E-state index in [1.54, 1.807) is 0 Å². The number of benzene rings is 2. The number of hydrogen-bond acceptors (Lipinski definition) is 4. The van der Waals surface area contributed by atoms with Crippen molar-refractivity contribution in [2.45, 2.75) is 6.54 Å². The second-order valence-corrected chi connectivity index (χ2v) is 7.88. The Labute approximate surface area is 172 Å². The predicted octanol–water partition coefficient (Wildman–Crippen LogP) is 2.95. The number of nitrogens with one attached hydrogen (secondary N) is 1. The molecule has 0 unspecified atom stereocenters. The first kappa shape index (κ1) is 20.6. The van der Waals surface area contributed by atoms with Gasteiger partial charge in [-0.05, 0) is 43.9 Å². The molecule has 1 N–H and O–H groups in total. The molecule has 3 rings (SSSR count). The van der Waals surface area contributed by atoms with E-state index in [0.717, 1.165) is 50.0 Å². The molecule has 0 spiro atoms. The van der Waals surface area contributed by atoms with Gasteiger partial charge in [-0.2, -0.15) is 0 Å². The number of anilines is 1. The summed E-state index contributed by atoms with van der Waals surface area (Å²) in [5.41, 5.74) is 3.07. The number of rotatable bonds is 7. The first-order chi connectivity index (χ1) is 13.5. The summed E-state index contributed by atoms with van der Waals surface area (Å²) in [6, 6.07) is 16.0. The Morgan fingerprint density at radius 3 is 2.36 bits per heavy atom. The largest absolute Gasteiger partial charge is 0.368 e. The average molecular weight is 401 g/mol. The molecule has 1 amide bonds. The van der Waals surface area contributed by atoms with Gasteiger partial charge in [0.25, 0.3) is 5.91 Å². The van der Waals surface area contributed by atoms with Crippen molar-refractivity contribution in [2.75, 3.05) is 58.3 Å². The van der Waals surface area contributed by atoms with E-state index in [-0.39, 0.29) is 5.91 Å². The lowest BCUT2D eigenvalue weighted by atomic mass is 10.1. The maximum absolute atomic E-state index is 12.2. The zero-order valence-electron chi connectivity index (χ0n) is 16.7. The molecule has 0 bridgehead atoms. The zero-order valence-corrected chi connectivity index (χ0v) is 17.5. The van der Waals surface area contributed by atoms with Crippen LogP contribution >= 0.6 is 11.6 Å². The van der Waals surface area contributed by atoms with Crippen LogP contribution in [0.15, 0.2) is 48.5 Å². The van der Waals surface area contributed by atoms with Crippen LogP contribution in [0, 0.1) is 0 Å². The van der Waals surface area contributed by atoms with Gasteiger partial charge in [0.05, 0.1) is 10.7 Å². The summed E-state index contributed by atoms with van der Waals surface area (Å²) in [7, 11) is 3.99. The van der Waals surface area contributed by atoms with Crippen molar-refractivity contribution in [3.05, 3.63) is 64.7 Å². The van der Waals surface area contributed by atoms with Crippen LogP contribution in [0.3, 0.4) is 0 Å². The van der Waals surface area contributed by atoms with E-state index < -0.39 is 0 Å². The van der Waals surface area contributed by atoms with Crippen LogP contribution in [0.4, 0.5) is 5.69 Å². The molecule has 0 aromatic heterocycles. The summed E-state index contributed by atoms with van der Waals surface area (Å²) < 4.78 is 0. The van der Waals surface area contributed by atoms with E-state index in [2.05, 4.69) is 38.2 Å². The SMILES string of the molecule is CN(C)CCNC(=O)c1ccc(CN2CCN(c3ccccc3Cl)CC2)cc1. The van der Waals surface area contributed by atoms with Crippen molar-refractivity contribution in [2.24, 2.45) is 0 Å². The molecule has 0 aliphatic carbocycles. The lowest BCUT2D eigenvalue weighted by molar-refractivity contribution is 0.0951. The first-order valence-electron chi connectivity index (χ1n) is 9.76. The molecule has 28 heavy (non-hydrogen) atoms. The zero-order chi connectivity index (χ0) is 19.9. The Kier molecular flexibility index (Phi) is 7.31. The number of likely N-dealkylation sites (N-methyl/N-ethyl adjacent to an activating group) is 1. The standard InChI is InChI=1S/C22H29ClN4O/c1-25(2)12-11-24-22(28)19-9-7-18(8-10-19)17-26-13-15-27(16-14-26)21-6-4-3-5-20(21)23/h3-10H,11-17H2,1-2H3,(H,24,28). The fourth-order valence-electron chi connectivity index (χ4n) is 3.37. The molecule has 1 fully saturated rings. The van der Waals surface area contributed by atoms with E-state index >= 15 is 0 Å². The Hall–Kier alpha value is -2.08. The van der Waals surface area contributed by atoms with Gasteiger partial charge < -0.3 is 15.1 Å². The van der Waals surface area contributed by atoms with Crippen LogP contribution < -0.4 is 10.2 Å². The molecular formula is C22H29ClN4O. The third-order valence-electron chi connectivity index (χ3n) is 5.03. The van der Waals surface area contributed by atoms with E-state index in [0.29, 0.717) is 12.1 Å². The van der Waals surface area contributed by atoms with Crippen molar-refractivity contribution in [3.8, 4) is 0 Å². The Balaban J connectivity index is 1.47. The van der Waals surface area contributed by atoms with Crippen molar-refractivity contribution >= 4 is 23.2 Å². The van der Waals surface area contributed by atoms with Crippen LogP contribution in [-0.4, -0.2) is 69.1 Å². The van der Waals surface area contributed by atoms with Gasteiger partial charge in [-0.15, -0.1) is 0 Å². The van der Waals surface area contributed by atoms with Gasteiger partial charge in [0.15, 0.2) is 0 Å². The fraction of sp³-hybridized carbons (Fsp3) is 0.409. The number of halogens is 1. The number of hydrogen-bond donors (Lipinski definition) is 1. The van der Waals surface area contributed by atoms with E-state index in [1.165, 1.54) is 5.56 Å². The number of amides is 1. The molecule has 1 aliphatic heterocycles. The molecule has 2 aromatic carbocycles. The summed E-state index contributed by atoms with van der Waals surface area (Å²) >= 11 is 6.32. The summed E-state index contributed by atoms with van der Waals surface area (Å²) in [5.74, 6) is -0.0123. The molecular weight excluding hydrogens is 372 g/mol. The van der Waals surface area contributed by atoms with Crippen LogP contribution in [0.2, 0.25) is 5.02 Å². The highest BCUT2D eigenvalue weighted by Crippen LogP contribution is 2.26.